The molecule has 120 valence electrons. The molecule has 5 heteroatoms. The molecule has 3 rings (SSSR count). The van der Waals surface area contributed by atoms with Gasteiger partial charge in [-0.05, 0) is 35.7 Å². The Balaban J connectivity index is 1.64. The molecule has 0 unspecified atom stereocenters. The molecular weight excluding hydrogens is 302 g/mol. The SMILES string of the molecule is CC(=O)Nc1ccc(NC(=O)C[n+]2ccc3ccccc3c2)cc1. The van der Waals surface area contributed by atoms with Crippen LogP contribution in [-0.2, 0) is 16.1 Å². The number of hydrogen-bond donors (Lipinski definition) is 2. The first kappa shape index (κ1) is 15.7. The van der Waals surface area contributed by atoms with Gasteiger partial charge in [0.1, 0.15) is 0 Å². The van der Waals surface area contributed by atoms with E-state index < -0.39 is 0 Å². The van der Waals surface area contributed by atoms with E-state index in [0.29, 0.717) is 11.4 Å². The molecule has 0 aliphatic heterocycles. The number of pyridine rings is 1. The highest BCUT2D eigenvalue weighted by Crippen LogP contribution is 2.13. The van der Waals surface area contributed by atoms with Crippen LogP contribution in [0.1, 0.15) is 6.92 Å². The normalized spacial score (nSPS) is 10.4. The Morgan fingerprint density at radius 1 is 0.875 bits per heavy atom. The summed E-state index contributed by atoms with van der Waals surface area (Å²) in [5, 5.41) is 7.76. The lowest BCUT2D eigenvalue weighted by Gasteiger charge is -2.06. The molecule has 0 aliphatic rings. The second kappa shape index (κ2) is 6.91. The molecule has 24 heavy (non-hydrogen) atoms. The number of aromatic nitrogens is 1. The van der Waals surface area contributed by atoms with Gasteiger partial charge in [-0.15, -0.1) is 0 Å². The lowest BCUT2D eigenvalue weighted by atomic mass is 10.2. The fraction of sp³-hybridized carbons (Fsp3) is 0.105. The Kier molecular flexibility index (Phi) is 4.52. The summed E-state index contributed by atoms with van der Waals surface area (Å²) in [6, 6.07) is 17.0. The van der Waals surface area contributed by atoms with Gasteiger partial charge in [0, 0.05) is 29.8 Å². The van der Waals surface area contributed by atoms with E-state index in [-0.39, 0.29) is 18.4 Å². The van der Waals surface area contributed by atoms with Gasteiger partial charge in [0.05, 0.1) is 0 Å². The van der Waals surface area contributed by atoms with Gasteiger partial charge < -0.3 is 10.6 Å². The summed E-state index contributed by atoms with van der Waals surface area (Å²) < 4.78 is 1.85. The maximum atomic E-state index is 12.2. The van der Waals surface area contributed by atoms with Crippen molar-refractivity contribution in [1.29, 1.82) is 0 Å². The molecule has 0 saturated heterocycles. The number of amides is 2. The van der Waals surface area contributed by atoms with Crippen molar-refractivity contribution in [2.45, 2.75) is 13.5 Å². The number of carbonyl (C=O) groups excluding carboxylic acids is 2. The minimum absolute atomic E-state index is 0.109. The number of rotatable bonds is 4. The van der Waals surface area contributed by atoms with Crippen LogP contribution in [0.3, 0.4) is 0 Å². The summed E-state index contributed by atoms with van der Waals surface area (Å²) in [6.45, 7) is 1.69. The van der Waals surface area contributed by atoms with Crippen LogP contribution in [0.2, 0.25) is 0 Å². The number of fused-ring (bicyclic) bond motifs is 1. The van der Waals surface area contributed by atoms with Crippen LogP contribution in [0.25, 0.3) is 10.8 Å². The molecule has 0 aliphatic carbocycles. The number of hydrogen-bond acceptors (Lipinski definition) is 2. The van der Waals surface area contributed by atoms with E-state index in [2.05, 4.69) is 10.6 Å². The predicted octanol–water partition coefficient (Wildman–Crippen LogP) is 2.72. The second-order valence-electron chi connectivity index (χ2n) is 5.55. The van der Waals surface area contributed by atoms with Crippen molar-refractivity contribution < 1.29 is 14.2 Å². The molecule has 1 aromatic heterocycles. The van der Waals surface area contributed by atoms with Gasteiger partial charge in [0.2, 0.25) is 12.5 Å². The number of benzene rings is 2. The van der Waals surface area contributed by atoms with Gasteiger partial charge in [-0.2, -0.15) is 4.57 Å². The number of anilines is 2. The minimum Gasteiger partial charge on any atom is -0.326 e. The van der Waals surface area contributed by atoms with Crippen molar-refractivity contribution >= 4 is 34.0 Å². The first-order valence-electron chi connectivity index (χ1n) is 7.65. The minimum atomic E-state index is -0.125. The van der Waals surface area contributed by atoms with Crippen molar-refractivity contribution in [3.05, 3.63) is 67.0 Å². The Morgan fingerprint density at radius 2 is 1.50 bits per heavy atom. The maximum Gasteiger partial charge on any atom is 0.290 e. The van der Waals surface area contributed by atoms with Gasteiger partial charge in [-0.25, -0.2) is 0 Å². The van der Waals surface area contributed by atoms with E-state index in [1.165, 1.54) is 6.92 Å². The first-order chi connectivity index (χ1) is 11.6. The molecule has 0 radical (unpaired) electrons. The smallest absolute Gasteiger partial charge is 0.290 e. The van der Waals surface area contributed by atoms with E-state index in [1.54, 1.807) is 24.3 Å². The Hall–Kier alpha value is -3.21. The largest absolute Gasteiger partial charge is 0.326 e. The van der Waals surface area contributed by atoms with E-state index in [9.17, 15) is 9.59 Å². The zero-order valence-corrected chi connectivity index (χ0v) is 13.3. The van der Waals surface area contributed by atoms with Gasteiger partial charge in [0.15, 0.2) is 12.4 Å². The third-order valence-corrected chi connectivity index (χ3v) is 3.56. The molecule has 1 heterocycles. The molecule has 0 bridgehead atoms. The lowest BCUT2D eigenvalue weighted by Crippen LogP contribution is -2.39. The summed E-state index contributed by atoms with van der Waals surface area (Å²) in [7, 11) is 0. The van der Waals surface area contributed by atoms with Crippen molar-refractivity contribution in [1.82, 2.24) is 0 Å². The Labute approximate surface area is 139 Å². The van der Waals surface area contributed by atoms with Crippen LogP contribution in [-0.4, -0.2) is 11.8 Å². The first-order valence-corrected chi connectivity index (χ1v) is 7.65. The summed E-state index contributed by atoms with van der Waals surface area (Å²) in [4.78, 5) is 23.2. The van der Waals surface area contributed by atoms with Gasteiger partial charge in [-0.3, -0.25) is 9.59 Å². The number of nitrogens with zero attached hydrogens (tertiary/aromatic N) is 1. The molecule has 2 aromatic carbocycles. The van der Waals surface area contributed by atoms with Crippen molar-refractivity contribution in [3.63, 3.8) is 0 Å². The summed E-state index contributed by atoms with van der Waals surface area (Å²) >= 11 is 0. The quantitative estimate of drug-likeness (QED) is 0.726. The summed E-state index contributed by atoms with van der Waals surface area (Å²) in [5.74, 6) is -0.234. The molecule has 0 fully saturated rings. The monoisotopic (exact) mass is 320 g/mol. The highest BCUT2D eigenvalue weighted by Gasteiger charge is 2.10. The average Bonchev–Trinajstić information content (AvgIpc) is 2.56. The lowest BCUT2D eigenvalue weighted by molar-refractivity contribution is -0.682. The van der Waals surface area contributed by atoms with E-state index >= 15 is 0 Å². The fourth-order valence-electron chi connectivity index (χ4n) is 2.48. The fourth-order valence-corrected chi connectivity index (χ4v) is 2.48. The van der Waals surface area contributed by atoms with Gasteiger partial charge in [-0.1, -0.05) is 18.2 Å². The Bertz CT molecular complexity index is 889. The molecule has 5 nitrogen and oxygen atoms in total. The van der Waals surface area contributed by atoms with Crippen LogP contribution in [0.15, 0.2) is 67.0 Å². The van der Waals surface area contributed by atoms with Gasteiger partial charge >= 0.3 is 0 Å². The average molecular weight is 320 g/mol. The van der Waals surface area contributed by atoms with Crippen LogP contribution in [0, 0.1) is 0 Å². The third kappa shape index (κ3) is 3.95. The predicted molar refractivity (Wildman–Crippen MR) is 93.5 cm³/mol. The summed E-state index contributed by atoms with van der Waals surface area (Å²) in [5.41, 5.74) is 1.39. The number of carbonyl (C=O) groups is 2. The zero-order valence-electron chi connectivity index (χ0n) is 13.3. The van der Waals surface area contributed by atoms with Crippen LogP contribution < -0.4 is 15.2 Å². The standard InChI is InChI=1S/C19H17N3O2/c1-14(23)20-17-6-8-18(9-7-17)21-19(24)13-22-11-10-15-4-2-3-5-16(15)12-22/h2-12H,13H2,1H3,(H-,20,21,23,24)/p+1. The van der Waals surface area contributed by atoms with Crippen molar-refractivity contribution in [2.24, 2.45) is 0 Å². The zero-order chi connectivity index (χ0) is 16.9. The van der Waals surface area contributed by atoms with E-state index in [1.807, 2.05) is 47.3 Å². The summed E-state index contributed by atoms with van der Waals surface area (Å²) in [6.07, 6.45) is 3.84. The second-order valence-corrected chi connectivity index (χ2v) is 5.55. The third-order valence-electron chi connectivity index (χ3n) is 3.56. The van der Waals surface area contributed by atoms with E-state index in [0.717, 1.165) is 10.8 Å². The highest BCUT2D eigenvalue weighted by molar-refractivity contribution is 5.91. The van der Waals surface area contributed by atoms with Gasteiger partial charge in [0.25, 0.3) is 5.91 Å². The van der Waals surface area contributed by atoms with Crippen molar-refractivity contribution in [3.8, 4) is 0 Å². The molecule has 2 amide bonds. The molecular formula is C19H18N3O2+. The topological polar surface area (TPSA) is 62.1 Å². The van der Waals surface area contributed by atoms with Crippen molar-refractivity contribution in [2.75, 3.05) is 10.6 Å². The van der Waals surface area contributed by atoms with Crippen LogP contribution >= 0.6 is 0 Å². The van der Waals surface area contributed by atoms with Crippen LogP contribution in [0.4, 0.5) is 11.4 Å². The highest BCUT2D eigenvalue weighted by atomic mass is 16.2. The van der Waals surface area contributed by atoms with Crippen LogP contribution in [0.5, 0.6) is 0 Å². The Morgan fingerprint density at radius 3 is 2.17 bits per heavy atom. The van der Waals surface area contributed by atoms with E-state index in [4.69, 9.17) is 0 Å². The number of nitrogens with one attached hydrogen (secondary N) is 2. The molecule has 3 aromatic rings. The molecule has 0 spiro atoms. The maximum absolute atomic E-state index is 12.2. The molecule has 2 N–H and O–H groups in total. The molecule has 0 saturated carbocycles. The molecule has 0 atom stereocenters.